The van der Waals surface area contributed by atoms with Gasteiger partial charge in [-0.1, -0.05) is 19.3 Å². The standard InChI is InChI=1S/C11H17N3/c12-10-6-11(8-13-7-10)14-5-4-9-2-1-3-9/h6-9,14H,1-5,12H2. The fourth-order valence-electron chi connectivity index (χ4n) is 1.76. The Kier molecular flexibility index (Phi) is 2.87. The Balaban J connectivity index is 1.74. The van der Waals surface area contributed by atoms with Gasteiger partial charge in [0.25, 0.3) is 0 Å². The number of hydrogen-bond acceptors (Lipinski definition) is 3. The van der Waals surface area contributed by atoms with Gasteiger partial charge in [-0.05, 0) is 18.4 Å². The van der Waals surface area contributed by atoms with E-state index in [9.17, 15) is 0 Å². The molecule has 0 saturated heterocycles. The molecule has 1 fully saturated rings. The molecule has 1 aliphatic rings. The lowest BCUT2D eigenvalue weighted by molar-refractivity contribution is 0.303. The van der Waals surface area contributed by atoms with Crippen LogP contribution in [0, 0.1) is 5.92 Å². The monoisotopic (exact) mass is 191 g/mol. The van der Waals surface area contributed by atoms with E-state index in [1.165, 1.54) is 25.7 Å². The third kappa shape index (κ3) is 2.37. The third-order valence-corrected chi connectivity index (χ3v) is 2.87. The quantitative estimate of drug-likeness (QED) is 0.767. The fraction of sp³-hybridized carbons (Fsp3) is 0.545. The number of hydrogen-bond donors (Lipinski definition) is 2. The molecule has 0 aliphatic heterocycles. The molecule has 3 heteroatoms. The van der Waals surface area contributed by atoms with Gasteiger partial charge in [-0.25, -0.2) is 0 Å². The summed E-state index contributed by atoms with van der Waals surface area (Å²) in [5.74, 6) is 0.955. The van der Waals surface area contributed by atoms with Gasteiger partial charge in [0.2, 0.25) is 0 Å². The molecule has 76 valence electrons. The van der Waals surface area contributed by atoms with Gasteiger partial charge in [0.1, 0.15) is 0 Å². The zero-order valence-corrected chi connectivity index (χ0v) is 8.37. The number of anilines is 2. The topological polar surface area (TPSA) is 50.9 Å². The minimum absolute atomic E-state index is 0.721. The van der Waals surface area contributed by atoms with E-state index in [1.807, 2.05) is 12.3 Å². The second-order valence-electron chi connectivity index (χ2n) is 4.02. The Bertz CT molecular complexity index is 294. The highest BCUT2D eigenvalue weighted by Crippen LogP contribution is 2.29. The lowest BCUT2D eigenvalue weighted by Gasteiger charge is -2.25. The van der Waals surface area contributed by atoms with E-state index in [0.717, 1.165) is 23.8 Å². The minimum atomic E-state index is 0.721. The van der Waals surface area contributed by atoms with Crippen molar-refractivity contribution in [2.45, 2.75) is 25.7 Å². The van der Waals surface area contributed by atoms with Crippen molar-refractivity contribution in [3.05, 3.63) is 18.5 Å². The lowest BCUT2D eigenvalue weighted by atomic mass is 9.83. The van der Waals surface area contributed by atoms with Crippen LogP contribution in [0.5, 0.6) is 0 Å². The molecule has 0 unspecified atom stereocenters. The molecule has 0 atom stereocenters. The molecule has 3 N–H and O–H groups in total. The van der Waals surface area contributed by atoms with Crippen LogP contribution in [0.3, 0.4) is 0 Å². The SMILES string of the molecule is Nc1cncc(NCCC2CCC2)c1. The molecule has 0 radical (unpaired) electrons. The van der Waals surface area contributed by atoms with E-state index < -0.39 is 0 Å². The third-order valence-electron chi connectivity index (χ3n) is 2.87. The molecule has 1 saturated carbocycles. The van der Waals surface area contributed by atoms with Crippen LogP contribution in [-0.2, 0) is 0 Å². The number of nitrogens with zero attached hydrogens (tertiary/aromatic N) is 1. The fourth-order valence-corrected chi connectivity index (χ4v) is 1.76. The van der Waals surface area contributed by atoms with Gasteiger partial charge in [-0.15, -0.1) is 0 Å². The maximum Gasteiger partial charge on any atom is 0.0547 e. The molecule has 0 amide bonds. The molecule has 0 aromatic carbocycles. The number of pyridine rings is 1. The van der Waals surface area contributed by atoms with Crippen molar-refractivity contribution < 1.29 is 0 Å². The maximum atomic E-state index is 5.62. The average molecular weight is 191 g/mol. The highest BCUT2D eigenvalue weighted by Gasteiger charge is 2.16. The molecule has 2 rings (SSSR count). The molecular formula is C11H17N3. The Morgan fingerprint density at radius 3 is 2.93 bits per heavy atom. The normalized spacial score (nSPS) is 16.3. The molecule has 3 nitrogen and oxygen atoms in total. The zero-order chi connectivity index (χ0) is 9.80. The van der Waals surface area contributed by atoms with Gasteiger partial charge in [0.15, 0.2) is 0 Å². The highest BCUT2D eigenvalue weighted by molar-refractivity contribution is 5.51. The Hall–Kier alpha value is -1.25. The predicted octanol–water partition coefficient (Wildman–Crippen LogP) is 2.27. The molecule has 1 aliphatic carbocycles. The first-order chi connectivity index (χ1) is 6.84. The van der Waals surface area contributed by atoms with Crippen molar-refractivity contribution in [2.75, 3.05) is 17.6 Å². The summed E-state index contributed by atoms with van der Waals surface area (Å²) in [5, 5.41) is 3.34. The van der Waals surface area contributed by atoms with Crippen LogP contribution < -0.4 is 11.1 Å². The summed E-state index contributed by atoms with van der Waals surface area (Å²) in [6.45, 7) is 1.04. The summed E-state index contributed by atoms with van der Waals surface area (Å²) in [5.41, 5.74) is 7.38. The molecule has 0 bridgehead atoms. The molecular weight excluding hydrogens is 174 g/mol. The smallest absolute Gasteiger partial charge is 0.0547 e. The van der Waals surface area contributed by atoms with Gasteiger partial charge < -0.3 is 11.1 Å². The summed E-state index contributed by atoms with van der Waals surface area (Å²) < 4.78 is 0. The summed E-state index contributed by atoms with van der Waals surface area (Å²) in [6.07, 6.45) is 9.00. The largest absolute Gasteiger partial charge is 0.397 e. The van der Waals surface area contributed by atoms with Crippen molar-refractivity contribution >= 4 is 11.4 Å². The maximum absolute atomic E-state index is 5.62. The van der Waals surface area contributed by atoms with E-state index in [1.54, 1.807) is 6.20 Å². The minimum Gasteiger partial charge on any atom is -0.397 e. The predicted molar refractivity (Wildman–Crippen MR) is 59.1 cm³/mol. The second-order valence-corrected chi connectivity index (χ2v) is 4.02. The van der Waals surface area contributed by atoms with Crippen LogP contribution in [0.25, 0.3) is 0 Å². The van der Waals surface area contributed by atoms with E-state index >= 15 is 0 Å². The first kappa shape index (κ1) is 9.31. The lowest BCUT2D eigenvalue weighted by Crippen LogP contribution is -2.15. The molecule has 1 heterocycles. The number of rotatable bonds is 4. The summed E-state index contributed by atoms with van der Waals surface area (Å²) in [4.78, 5) is 4.03. The van der Waals surface area contributed by atoms with E-state index in [0.29, 0.717) is 0 Å². The van der Waals surface area contributed by atoms with Crippen molar-refractivity contribution in [2.24, 2.45) is 5.92 Å². The number of nitrogens with two attached hydrogens (primary N) is 1. The number of nitrogen functional groups attached to an aromatic ring is 1. The Morgan fingerprint density at radius 2 is 2.29 bits per heavy atom. The van der Waals surface area contributed by atoms with Crippen molar-refractivity contribution in [3.63, 3.8) is 0 Å². The van der Waals surface area contributed by atoms with Crippen LogP contribution in [-0.4, -0.2) is 11.5 Å². The van der Waals surface area contributed by atoms with Crippen LogP contribution in [0.4, 0.5) is 11.4 Å². The van der Waals surface area contributed by atoms with Crippen LogP contribution in [0.2, 0.25) is 0 Å². The molecule has 1 aromatic heterocycles. The molecule has 1 aromatic rings. The molecule has 14 heavy (non-hydrogen) atoms. The Labute approximate surface area is 84.7 Å². The van der Waals surface area contributed by atoms with E-state index in [4.69, 9.17) is 5.73 Å². The average Bonchev–Trinajstić information content (AvgIpc) is 2.09. The highest BCUT2D eigenvalue weighted by atomic mass is 14.9. The van der Waals surface area contributed by atoms with E-state index in [2.05, 4.69) is 10.3 Å². The van der Waals surface area contributed by atoms with E-state index in [-0.39, 0.29) is 0 Å². The number of nitrogens with one attached hydrogen (secondary N) is 1. The van der Waals surface area contributed by atoms with Gasteiger partial charge >= 0.3 is 0 Å². The van der Waals surface area contributed by atoms with Crippen LogP contribution in [0.15, 0.2) is 18.5 Å². The summed E-state index contributed by atoms with van der Waals surface area (Å²) in [6, 6.07) is 1.92. The van der Waals surface area contributed by atoms with Gasteiger partial charge in [-0.2, -0.15) is 0 Å². The molecule has 0 spiro atoms. The summed E-state index contributed by atoms with van der Waals surface area (Å²) >= 11 is 0. The second kappa shape index (κ2) is 4.31. The first-order valence-corrected chi connectivity index (χ1v) is 5.29. The van der Waals surface area contributed by atoms with Crippen molar-refractivity contribution in [3.8, 4) is 0 Å². The van der Waals surface area contributed by atoms with Crippen LogP contribution >= 0.6 is 0 Å². The van der Waals surface area contributed by atoms with Gasteiger partial charge in [0.05, 0.1) is 17.6 Å². The van der Waals surface area contributed by atoms with Gasteiger partial charge in [-0.3, -0.25) is 4.98 Å². The Morgan fingerprint density at radius 1 is 1.43 bits per heavy atom. The number of aromatic nitrogens is 1. The van der Waals surface area contributed by atoms with Crippen molar-refractivity contribution in [1.29, 1.82) is 0 Å². The van der Waals surface area contributed by atoms with Crippen molar-refractivity contribution in [1.82, 2.24) is 4.98 Å². The first-order valence-electron chi connectivity index (χ1n) is 5.29. The summed E-state index contributed by atoms with van der Waals surface area (Å²) in [7, 11) is 0. The van der Waals surface area contributed by atoms with Gasteiger partial charge in [0, 0.05) is 12.7 Å². The zero-order valence-electron chi connectivity index (χ0n) is 8.37. The van der Waals surface area contributed by atoms with Crippen LogP contribution in [0.1, 0.15) is 25.7 Å².